The van der Waals surface area contributed by atoms with Crippen LogP contribution in [0, 0.1) is 0 Å². The van der Waals surface area contributed by atoms with Gasteiger partial charge in [-0.25, -0.2) is 0 Å². The number of anilines is 1. The summed E-state index contributed by atoms with van der Waals surface area (Å²) in [5.74, 6) is 0.354. The molecule has 2 amide bonds. The molecule has 152 valence electrons. The van der Waals surface area contributed by atoms with Gasteiger partial charge in [0.1, 0.15) is 12.4 Å². The number of carbonyl (C=O) groups excluding carboxylic acids is 2. The van der Waals surface area contributed by atoms with E-state index >= 15 is 0 Å². The zero-order valence-corrected chi connectivity index (χ0v) is 16.8. The third kappa shape index (κ3) is 6.34. The Hall–Kier alpha value is -3.86. The van der Waals surface area contributed by atoms with E-state index in [0.29, 0.717) is 12.3 Å². The molecule has 0 atom stereocenters. The fraction of sp³-hybridized carbons (Fsp3) is 0.120. The molecule has 0 aliphatic rings. The molecule has 3 rings (SSSR count). The molecule has 0 saturated carbocycles. The van der Waals surface area contributed by atoms with Gasteiger partial charge in [-0.2, -0.15) is 0 Å². The molecule has 2 N–H and O–H groups in total. The van der Waals surface area contributed by atoms with Gasteiger partial charge in [-0.05, 0) is 41.0 Å². The van der Waals surface area contributed by atoms with Crippen molar-refractivity contribution in [2.45, 2.75) is 13.0 Å². The van der Waals surface area contributed by atoms with E-state index < -0.39 is 0 Å². The maximum absolute atomic E-state index is 12.4. The Balaban J connectivity index is 1.61. The van der Waals surface area contributed by atoms with Crippen LogP contribution in [0.25, 0.3) is 6.08 Å². The molecule has 0 unspecified atom stereocenters. The van der Waals surface area contributed by atoms with Gasteiger partial charge in [-0.15, -0.1) is 0 Å². The van der Waals surface area contributed by atoms with Crippen molar-refractivity contribution in [1.82, 2.24) is 5.32 Å². The molecule has 0 bridgehead atoms. The second-order valence-corrected chi connectivity index (χ2v) is 6.68. The van der Waals surface area contributed by atoms with Gasteiger partial charge in [0, 0.05) is 18.8 Å². The minimum atomic E-state index is -0.269. The van der Waals surface area contributed by atoms with Gasteiger partial charge in [0.15, 0.2) is 0 Å². The Morgan fingerprint density at radius 3 is 2.50 bits per heavy atom. The van der Waals surface area contributed by atoms with Gasteiger partial charge < -0.3 is 15.4 Å². The highest BCUT2D eigenvalue weighted by Crippen LogP contribution is 2.18. The van der Waals surface area contributed by atoms with Crippen molar-refractivity contribution in [3.05, 3.63) is 102 Å². The van der Waals surface area contributed by atoms with Crippen LogP contribution in [0.4, 0.5) is 5.69 Å². The summed E-state index contributed by atoms with van der Waals surface area (Å²) >= 11 is 0. The van der Waals surface area contributed by atoms with Crippen molar-refractivity contribution in [3.63, 3.8) is 0 Å². The van der Waals surface area contributed by atoms with E-state index in [2.05, 4.69) is 10.6 Å². The molecule has 5 heteroatoms. The van der Waals surface area contributed by atoms with Crippen LogP contribution >= 0.6 is 0 Å². The van der Waals surface area contributed by atoms with Crippen LogP contribution < -0.4 is 15.4 Å². The molecule has 0 aliphatic carbocycles. The largest absolute Gasteiger partial charge is 0.489 e. The average Bonchev–Trinajstić information content (AvgIpc) is 2.78. The molecule has 0 heterocycles. The number of benzene rings is 3. The molecule has 0 aliphatic heterocycles. The molecule has 0 aromatic heterocycles. The van der Waals surface area contributed by atoms with Crippen molar-refractivity contribution in [1.29, 1.82) is 0 Å². The maximum atomic E-state index is 12.4. The average molecular weight is 400 g/mol. The molecular weight excluding hydrogens is 376 g/mol. The van der Waals surface area contributed by atoms with E-state index in [9.17, 15) is 9.59 Å². The number of carbonyl (C=O) groups is 2. The quantitative estimate of drug-likeness (QED) is 0.557. The fourth-order valence-electron chi connectivity index (χ4n) is 2.85. The smallest absolute Gasteiger partial charge is 0.248 e. The monoisotopic (exact) mass is 400 g/mol. The Labute approximate surface area is 176 Å². The summed E-state index contributed by atoms with van der Waals surface area (Å²) in [5, 5.41) is 5.42. The minimum Gasteiger partial charge on any atom is -0.489 e. The van der Waals surface area contributed by atoms with Gasteiger partial charge >= 0.3 is 0 Å². The normalized spacial score (nSPS) is 10.6. The summed E-state index contributed by atoms with van der Waals surface area (Å²) < 4.78 is 5.83. The lowest BCUT2D eigenvalue weighted by molar-refractivity contribution is -0.120. The number of likely N-dealkylation sites (N-methyl/N-ethyl adjacent to an activating group) is 1. The zero-order chi connectivity index (χ0) is 21.2. The van der Waals surface area contributed by atoms with E-state index in [-0.39, 0.29) is 18.2 Å². The van der Waals surface area contributed by atoms with Crippen molar-refractivity contribution >= 4 is 23.6 Å². The van der Waals surface area contributed by atoms with Crippen molar-refractivity contribution in [3.8, 4) is 5.75 Å². The highest BCUT2D eigenvalue weighted by Gasteiger charge is 2.08. The van der Waals surface area contributed by atoms with E-state index in [1.807, 2.05) is 72.8 Å². The van der Waals surface area contributed by atoms with Gasteiger partial charge in [0.25, 0.3) is 0 Å². The van der Waals surface area contributed by atoms with Crippen molar-refractivity contribution in [2.75, 3.05) is 12.4 Å². The van der Waals surface area contributed by atoms with Crippen LogP contribution in [-0.2, 0) is 22.6 Å². The van der Waals surface area contributed by atoms with Crippen molar-refractivity contribution < 1.29 is 14.3 Å². The van der Waals surface area contributed by atoms with Crippen LogP contribution in [0.15, 0.2) is 84.9 Å². The molecule has 30 heavy (non-hydrogen) atoms. The Bertz CT molecular complexity index is 1030. The zero-order valence-electron chi connectivity index (χ0n) is 16.8. The van der Waals surface area contributed by atoms with Crippen LogP contribution in [0.2, 0.25) is 0 Å². The first-order valence-electron chi connectivity index (χ1n) is 9.68. The minimum absolute atomic E-state index is 0.112. The van der Waals surface area contributed by atoms with Gasteiger partial charge in [-0.1, -0.05) is 60.7 Å². The van der Waals surface area contributed by atoms with E-state index in [1.165, 1.54) is 6.08 Å². The van der Waals surface area contributed by atoms with Crippen LogP contribution in [0.1, 0.15) is 16.7 Å². The van der Waals surface area contributed by atoms with Crippen LogP contribution in [-0.4, -0.2) is 18.9 Å². The predicted molar refractivity (Wildman–Crippen MR) is 119 cm³/mol. The fourth-order valence-corrected chi connectivity index (χ4v) is 2.85. The Morgan fingerprint density at radius 2 is 1.70 bits per heavy atom. The van der Waals surface area contributed by atoms with Crippen LogP contribution in [0.3, 0.4) is 0 Å². The van der Waals surface area contributed by atoms with Gasteiger partial charge in [-0.3, -0.25) is 9.59 Å². The summed E-state index contributed by atoms with van der Waals surface area (Å²) in [6.07, 6.45) is 3.40. The highest BCUT2D eigenvalue weighted by molar-refractivity contribution is 6.02. The van der Waals surface area contributed by atoms with Crippen molar-refractivity contribution in [2.24, 2.45) is 0 Å². The summed E-state index contributed by atoms with van der Waals surface area (Å²) in [6.45, 7) is 0.483. The third-order valence-electron chi connectivity index (χ3n) is 4.44. The first kappa shape index (κ1) is 20.9. The summed E-state index contributed by atoms with van der Waals surface area (Å²) in [6, 6.07) is 24.8. The molecule has 3 aromatic carbocycles. The Kier molecular flexibility index (Phi) is 7.39. The molecule has 0 saturated heterocycles. The first-order valence-corrected chi connectivity index (χ1v) is 9.68. The lowest BCUT2D eigenvalue weighted by Crippen LogP contribution is -2.21. The standard InChI is InChI=1S/C25H24N2O3/c1-26-25(29)17-21-11-5-6-13-23(21)27-24(28)15-14-19-10-7-12-22(16-19)30-18-20-8-3-2-4-9-20/h2-16H,17-18H2,1H3,(H,26,29)(H,27,28). The lowest BCUT2D eigenvalue weighted by Gasteiger charge is -2.09. The van der Waals surface area contributed by atoms with Crippen LogP contribution in [0.5, 0.6) is 5.75 Å². The summed E-state index contributed by atoms with van der Waals surface area (Å²) in [5.41, 5.74) is 3.33. The number of nitrogens with one attached hydrogen (secondary N) is 2. The van der Waals surface area contributed by atoms with E-state index in [1.54, 1.807) is 19.2 Å². The first-order chi connectivity index (χ1) is 14.6. The SMILES string of the molecule is CNC(=O)Cc1ccccc1NC(=O)C=Cc1cccc(OCc2ccccc2)c1. The number of rotatable bonds is 8. The molecule has 0 spiro atoms. The van der Waals surface area contributed by atoms with E-state index in [4.69, 9.17) is 4.74 Å². The maximum Gasteiger partial charge on any atom is 0.248 e. The topological polar surface area (TPSA) is 67.4 Å². The summed E-state index contributed by atoms with van der Waals surface area (Å²) in [4.78, 5) is 24.0. The van der Waals surface area contributed by atoms with E-state index in [0.717, 1.165) is 22.4 Å². The van der Waals surface area contributed by atoms with Gasteiger partial charge in [0.05, 0.1) is 6.42 Å². The molecule has 3 aromatic rings. The third-order valence-corrected chi connectivity index (χ3v) is 4.44. The lowest BCUT2D eigenvalue weighted by atomic mass is 10.1. The summed E-state index contributed by atoms with van der Waals surface area (Å²) in [7, 11) is 1.59. The predicted octanol–water partition coefficient (Wildman–Crippen LogP) is 4.21. The molecule has 0 radical (unpaired) electrons. The number of hydrogen-bond acceptors (Lipinski definition) is 3. The molecule has 5 nitrogen and oxygen atoms in total. The highest BCUT2D eigenvalue weighted by atomic mass is 16.5. The second-order valence-electron chi connectivity index (χ2n) is 6.68. The van der Waals surface area contributed by atoms with Gasteiger partial charge in [0.2, 0.25) is 11.8 Å². The number of ether oxygens (including phenoxy) is 1. The second kappa shape index (κ2) is 10.6. The number of amides is 2. The Morgan fingerprint density at radius 1 is 0.933 bits per heavy atom. The number of hydrogen-bond donors (Lipinski definition) is 2. The molecular formula is C25H24N2O3. The molecule has 0 fully saturated rings. The number of para-hydroxylation sites is 1.